The molecule has 3 atom stereocenters. The van der Waals surface area contributed by atoms with Gasteiger partial charge in [0.2, 0.25) is 5.78 Å². The molecule has 196 valence electrons. The first-order valence-electron chi connectivity index (χ1n) is 13.2. The molecule has 3 aliphatic rings. The molecule has 2 saturated carbocycles. The number of nitrogens with one attached hydrogen (secondary N) is 2. The maximum atomic E-state index is 13.4. The standard InChI is InChI=1S/C30H37N3O4/c1-15-11-12-19(20(13-15)31-14-21(34)30(6,7)25-17-9-8-10-18(17)25)23-26(35)24(27(23)36)22-16(2)32-33(28(22)37)29(3,4)5/h11-13,17-18,25,31-32,35H,1,8-10,14H2,2-7H3/b23-19-/t17-,18?,25?/m0/s1. The predicted molar refractivity (Wildman–Crippen MR) is 146 cm³/mol. The van der Waals surface area contributed by atoms with Gasteiger partial charge in [0.05, 0.1) is 28.8 Å². The number of Topliss-reactive ketones (excluding diaryl/α,β-unsaturated/α-hetero) is 2. The van der Waals surface area contributed by atoms with Gasteiger partial charge in [-0.25, -0.2) is 4.68 Å². The van der Waals surface area contributed by atoms with Crippen molar-refractivity contribution in [3.8, 4) is 0 Å². The summed E-state index contributed by atoms with van der Waals surface area (Å²) in [6, 6.07) is 5.27. The number of H-pyrrole nitrogens is 1. The molecule has 3 aliphatic carbocycles. The van der Waals surface area contributed by atoms with Gasteiger partial charge in [0.1, 0.15) is 5.76 Å². The molecule has 0 radical (unpaired) electrons. The predicted octanol–water partition coefficient (Wildman–Crippen LogP) is 3.41. The number of aromatic amines is 1. The lowest BCUT2D eigenvalue weighted by atomic mass is 9.79. The molecule has 2 aromatic rings. The van der Waals surface area contributed by atoms with E-state index in [1.165, 1.54) is 23.9 Å². The summed E-state index contributed by atoms with van der Waals surface area (Å²) in [6.45, 7) is 15.6. The first kappa shape index (κ1) is 25.3. The molecule has 2 fully saturated rings. The Kier molecular flexibility index (Phi) is 5.70. The highest BCUT2D eigenvalue weighted by Crippen LogP contribution is 2.64. The molecule has 7 heteroatoms. The van der Waals surface area contributed by atoms with Crippen LogP contribution in [0.1, 0.15) is 65.1 Å². The van der Waals surface area contributed by atoms with Crippen LogP contribution in [0, 0.1) is 30.1 Å². The van der Waals surface area contributed by atoms with Crippen LogP contribution >= 0.6 is 0 Å². The van der Waals surface area contributed by atoms with Crippen molar-refractivity contribution in [1.82, 2.24) is 9.78 Å². The van der Waals surface area contributed by atoms with Gasteiger partial charge in [0.25, 0.3) is 5.56 Å². The molecular weight excluding hydrogens is 466 g/mol. The normalized spacial score (nSPS) is 24.7. The Bertz CT molecular complexity index is 1520. The number of hydrogen-bond donors (Lipinski definition) is 3. The molecule has 5 rings (SSSR count). The minimum Gasteiger partial charge on any atom is -0.506 e. The molecule has 0 amide bonds. The lowest BCUT2D eigenvalue weighted by molar-refractivity contribution is -0.126. The number of hydrogen-bond acceptors (Lipinski definition) is 5. The molecule has 2 unspecified atom stereocenters. The Labute approximate surface area is 217 Å². The Balaban J connectivity index is 1.48. The number of aryl methyl sites for hydroxylation is 1. The summed E-state index contributed by atoms with van der Waals surface area (Å²) in [4.78, 5) is 39.7. The molecule has 0 aliphatic heterocycles. The number of benzene rings is 1. The van der Waals surface area contributed by atoms with E-state index in [4.69, 9.17) is 0 Å². The molecule has 0 spiro atoms. The van der Waals surface area contributed by atoms with Crippen LogP contribution in [-0.2, 0) is 15.1 Å². The third kappa shape index (κ3) is 3.90. The number of allylic oxidation sites excluding steroid dienone is 2. The van der Waals surface area contributed by atoms with Gasteiger partial charge in [-0.2, -0.15) is 0 Å². The number of fused-ring (bicyclic) bond motifs is 1. The maximum absolute atomic E-state index is 13.4. The third-order valence-electron chi connectivity index (χ3n) is 8.67. The van der Waals surface area contributed by atoms with Crippen LogP contribution in [0.3, 0.4) is 0 Å². The Hall–Kier alpha value is -3.35. The molecule has 1 aromatic heterocycles. The van der Waals surface area contributed by atoms with Crippen molar-refractivity contribution in [2.75, 3.05) is 11.9 Å². The van der Waals surface area contributed by atoms with Crippen LogP contribution in [0.2, 0.25) is 0 Å². The van der Waals surface area contributed by atoms with Gasteiger partial charge in [0, 0.05) is 22.0 Å². The number of carbonyl (C=O) groups excluding carboxylic acids is 2. The molecule has 0 saturated heterocycles. The van der Waals surface area contributed by atoms with Gasteiger partial charge in [-0.3, -0.25) is 19.5 Å². The van der Waals surface area contributed by atoms with Crippen LogP contribution in [0.25, 0.3) is 17.7 Å². The number of anilines is 1. The third-order valence-corrected chi connectivity index (χ3v) is 8.67. The summed E-state index contributed by atoms with van der Waals surface area (Å²) in [7, 11) is 0. The number of nitrogens with zero attached hydrogens (tertiary/aromatic N) is 1. The quantitative estimate of drug-likeness (QED) is 0.561. The average Bonchev–Trinajstić information content (AvgIpc) is 3.17. The second-order valence-electron chi connectivity index (χ2n) is 12.5. The van der Waals surface area contributed by atoms with E-state index >= 15 is 0 Å². The molecule has 0 bridgehead atoms. The van der Waals surface area contributed by atoms with E-state index in [1.54, 1.807) is 25.1 Å². The molecular formula is C30H37N3O4. The zero-order valence-corrected chi connectivity index (χ0v) is 22.6. The number of ketones is 2. The smallest absolute Gasteiger partial charge is 0.275 e. The number of aliphatic hydroxyl groups is 1. The van der Waals surface area contributed by atoms with Crippen LogP contribution < -0.4 is 21.3 Å². The lowest BCUT2D eigenvalue weighted by Gasteiger charge is -2.26. The molecule has 7 nitrogen and oxygen atoms in total. The van der Waals surface area contributed by atoms with Gasteiger partial charge in [0.15, 0.2) is 5.78 Å². The Morgan fingerprint density at radius 3 is 2.35 bits per heavy atom. The summed E-state index contributed by atoms with van der Waals surface area (Å²) in [5.74, 6) is 1.36. The monoisotopic (exact) mass is 503 g/mol. The molecule has 1 heterocycles. The minimum atomic E-state index is -0.504. The van der Waals surface area contributed by atoms with Gasteiger partial charge in [-0.15, -0.1) is 0 Å². The van der Waals surface area contributed by atoms with Crippen LogP contribution in [-0.4, -0.2) is 33.0 Å². The Morgan fingerprint density at radius 1 is 1.14 bits per heavy atom. The summed E-state index contributed by atoms with van der Waals surface area (Å²) in [5, 5.41) is 18.5. The molecule has 3 N–H and O–H groups in total. The van der Waals surface area contributed by atoms with E-state index < -0.39 is 16.7 Å². The van der Waals surface area contributed by atoms with Crippen molar-refractivity contribution in [3.05, 3.63) is 56.0 Å². The topological polar surface area (TPSA) is 104 Å². The molecule has 1 aromatic carbocycles. The lowest BCUT2D eigenvalue weighted by Crippen LogP contribution is -2.36. The second-order valence-corrected chi connectivity index (χ2v) is 12.5. The fraction of sp³-hybridized carbons (Fsp3) is 0.500. The number of aromatic nitrogens is 2. The number of aliphatic hydroxyl groups excluding tert-OH is 1. The van der Waals surface area contributed by atoms with Gasteiger partial charge in [-0.1, -0.05) is 39.0 Å². The largest absolute Gasteiger partial charge is 0.506 e. The fourth-order valence-electron chi connectivity index (χ4n) is 6.63. The number of carbonyl (C=O) groups is 2. The van der Waals surface area contributed by atoms with Crippen molar-refractivity contribution < 1.29 is 14.7 Å². The fourth-order valence-corrected chi connectivity index (χ4v) is 6.63. The zero-order valence-electron chi connectivity index (χ0n) is 22.6. The summed E-state index contributed by atoms with van der Waals surface area (Å²) < 4.78 is 1.47. The summed E-state index contributed by atoms with van der Waals surface area (Å²) >= 11 is 0. The van der Waals surface area contributed by atoms with Crippen molar-refractivity contribution >= 4 is 35.0 Å². The van der Waals surface area contributed by atoms with E-state index in [1.807, 2.05) is 34.6 Å². The summed E-state index contributed by atoms with van der Waals surface area (Å²) in [6.07, 6.45) is 3.72. The van der Waals surface area contributed by atoms with E-state index in [0.717, 1.165) is 5.22 Å². The maximum Gasteiger partial charge on any atom is 0.275 e. The van der Waals surface area contributed by atoms with E-state index in [-0.39, 0.29) is 40.4 Å². The van der Waals surface area contributed by atoms with Crippen molar-refractivity contribution in [2.24, 2.45) is 23.2 Å². The first-order valence-corrected chi connectivity index (χ1v) is 13.2. The van der Waals surface area contributed by atoms with Gasteiger partial charge < -0.3 is 10.4 Å². The van der Waals surface area contributed by atoms with Gasteiger partial charge >= 0.3 is 0 Å². The Morgan fingerprint density at radius 2 is 1.78 bits per heavy atom. The van der Waals surface area contributed by atoms with E-state index in [0.29, 0.717) is 34.4 Å². The van der Waals surface area contributed by atoms with Crippen LogP contribution in [0.5, 0.6) is 0 Å². The van der Waals surface area contributed by atoms with Crippen LogP contribution in [0.15, 0.2) is 28.8 Å². The van der Waals surface area contributed by atoms with E-state index in [9.17, 15) is 19.5 Å². The minimum absolute atomic E-state index is 0.0267. The molecule has 37 heavy (non-hydrogen) atoms. The summed E-state index contributed by atoms with van der Waals surface area (Å²) in [5.41, 5.74) is 0.202. The average molecular weight is 504 g/mol. The van der Waals surface area contributed by atoms with Gasteiger partial charge in [-0.05, 0) is 69.6 Å². The van der Waals surface area contributed by atoms with Crippen molar-refractivity contribution in [3.63, 3.8) is 0 Å². The van der Waals surface area contributed by atoms with E-state index in [2.05, 4.69) is 17.0 Å². The second kappa shape index (κ2) is 8.33. The highest BCUT2D eigenvalue weighted by Gasteiger charge is 2.60. The van der Waals surface area contributed by atoms with Crippen LogP contribution in [0.4, 0.5) is 5.69 Å². The first-order chi connectivity index (χ1) is 17.2. The van der Waals surface area contributed by atoms with Crippen molar-refractivity contribution in [1.29, 1.82) is 0 Å². The highest BCUT2D eigenvalue weighted by molar-refractivity contribution is 6.51. The van der Waals surface area contributed by atoms with Crippen molar-refractivity contribution in [2.45, 2.75) is 66.3 Å². The highest BCUT2D eigenvalue weighted by atomic mass is 16.3. The number of rotatable bonds is 6. The zero-order chi connectivity index (χ0) is 27.0. The SMILES string of the molecule is C=c1cc/c(=C2/C(=O)C(c3c(C)[nH]n(C(C)(C)C)c3=O)=C2O)c(NCC(=O)C(C)(C)C2C3CCC[C@@H]32)c1.